The summed E-state index contributed by atoms with van der Waals surface area (Å²) in [4.78, 5) is 35.5. The SMILES string of the molecule is Cc1ccc2occ(/C=C/C(=O)Nc3ccc(C(N)=O)cc3)c(=O)c2c1. The minimum atomic E-state index is -0.541. The van der Waals surface area contributed by atoms with Crippen molar-refractivity contribution in [3.63, 3.8) is 0 Å². The van der Waals surface area contributed by atoms with Crippen molar-refractivity contribution in [2.45, 2.75) is 6.92 Å². The van der Waals surface area contributed by atoms with Gasteiger partial charge in [0, 0.05) is 17.3 Å². The van der Waals surface area contributed by atoms with Gasteiger partial charge < -0.3 is 15.5 Å². The highest BCUT2D eigenvalue weighted by Crippen LogP contribution is 2.14. The second-order valence-electron chi connectivity index (χ2n) is 5.78. The number of anilines is 1. The van der Waals surface area contributed by atoms with Crippen molar-refractivity contribution in [3.8, 4) is 0 Å². The monoisotopic (exact) mass is 348 g/mol. The van der Waals surface area contributed by atoms with E-state index in [4.69, 9.17) is 10.2 Å². The van der Waals surface area contributed by atoms with Gasteiger partial charge in [-0.15, -0.1) is 0 Å². The average molecular weight is 348 g/mol. The summed E-state index contributed by atoms with van der Waals surface area (Å²) in [5.74, 6) is -0.957. The van der Waals surface area contributed by atoms with Crippen LogP contribution in [0.4, 0.5) is 5.69 Å². The van der Waals surface area contributed by atoms with Crippen molar-refractivity contribution in [1.82, 2.24) is 0 Å². The molecule has 2 aromatic carbocycles. The van der Waals surface area contributed by atoms with E-state index in [1.807, 2.05) is 13.0 Å². The summed E-state index contributed by atoms with van der Waals surface area (Å²) >= 11 is 0. The Bertz CT molecular complexity index is 1080. The number of benzene rings is 2. The lowest BCUT2D eigenvalue weighted by Crippen LogP contribution is -2.12. The van der Waals surface area contributed by atoms with Crippen LogP contribution in [-0.4, -0.2) is 11.8 Å². The van der Waals surface area contributed by atoms with E-state index in [0.717, 1.165) is 5.56 Å². The maximum atomic E-state index is 12.5. The van der Waals surface area contributed by atoms with Crippen LogP contribution in [0.1, 0.15) is 21.5 Å². The molecule has 3 aromatic rings. The van der Waals surface area contributed by atoms with Gasteiger partial charge in [0.25, 0.3) is 0 Å². The summed E-state index contributed by atoms with van der Waals surface area (Å²) in [6, 6.07) is 11.5. The number of hydrogen-bond donors (Lipinski definition) is 2. The van der Waals surface area contributed by atoms with E-state index >= 15 is 0 Å². The van der Waals surface area contributed by atoms with E-state index in [1.54, 1.807) is 24.3 Å². The minimum absolute atomic E-state index is 0.204. The first-order valence-corrected chi connectivity index (χ1v) is 7.85. The van der Waals surface area contributed by atoms with Crippen molar-refractivity contribution in [2.75, 3.05) is 5.32 Å². The number of carbonyl (C=O) groups is 2. The molecule has 0 aliphatic carbocycles. The van der Waals surface area contributed by atoms with Crippen molar-refractivity contribution >= 4 is 34.5 Å². The molecular formula is C20H16N2O4. The lowest BCUT2D eigenvalue weighted by atomic mass is 10.1. The smallest absolute Gasteiger partial charge is 0.248 e. The summed E-state index contributed by atoms with van der Waals surface area (Å²) in [6.07, 6.45) is 3.97. The first kappa shape index (κ1) is 17.2. The second-order valence-corrected chi connectivity index (χ2v) is 5.78. The molecule has 2 amide bonds. The van der Waals surface area contributed by atoms with E-state index < -0.39 is 11.8 Å². The average Bonchev–Trinajstić information content (AvgIpc) is 2.62. The Labute approximate surface area is 148 Å². The molecule has 0 unspecified atom stereocenters. The summed E-state index contributed by atoms with van der Waals surface area (Å²) in [6.45, 7) is 1.89. The van der Waals surface area contributed by atoms with Crippen molar-refractivity contribution in [2.24, 2.45) is 5.73 Å². The zero-order valence-electron chi connectivity index (χ0n) is 14.0. The Morgan fingerprint density at radius 1 is 1.12 bits per heavy atom. The topological polar surface area (TPSA) is 102 Å². The third-order valence-corrected chi connectivity index (χ3v) is 3.81. The molecular weight excluding hydrogens is 332 g/mol. The molecule has 26 heavy (non-hydrogen) atoms. The lowest BCUT2D eigenvalue weighted by molar-refractivity contribution is -0.111. The maximum absolute atomic E-state index is 12.5. The quantitative estimate of drug-likeness (QED) is 0.708. The number of rotatable bonds is 4. The molecule has 0 saturated carbocycles. The van der Waals surface area contributed by atoms with Crippen molar-refractivity contribution in [3.05, 3.63) is 81.7 Å². The van der Waals surface area contributed by atoms with Crippen LogP contribution in [-0.2, 0) is 4.79 Å². The molecule has 6 heteroatoms. The van der Waals surface area contributed by atoms with Crippen LogP contribution >= 0.6 is 0 Å². The number of primary amides is 1. The van der Waals surface area contributed by atoms with E-state index in [2.05, 4.69) is 5.32 Å². The van der Waals surface area contributed by atoms with E-state index in [9.17, 15) is 14.4 Å². The van der Waals surface area contributed by atoms with Crippen LogP contribution < -0.4 is 16.5 Å². The van der Waals surface area contributed by atoms with Gasteiger partial charge in [-0.3, -0.25) is 14.4 Å². The van der Waals surface area contributed by atoms with Crippen LogP contribution in [0.2, 0.25) is 0 Å². The molecule has 0 saturated heterocycles. The summed E-state index contributed by atoms with van der Waals surface area (Å²) in [5, 5.41) is 3.10. The number of hydrogen-bond acceptors (Lipinski definition) is 4. The van der Waals surface area contributed by atoms with Gasteiger partial charge >= 0.3 is 0 Å². The second kappa shape index (κ2) is 7.06. The fourth-order valence-corrected chi connectivity index (χ4v) is 2.44. The molecule has 0 radical (unpaired) electrons. The highest BCUT2D eigenvalue weighted by molar-refractivity contribution is 6.02. The number of amides is 2. The molecule has 0 aliphatic rings. The number of aryl methyl sites for hydroxylation is 1. The molecule has 130 valence electrons. The van der Waals surface area contributed by atoms with Gasteiger partial charge in [0.1, 0.15) is 11.8 Å². The van der Waals surface area contributed by atoms with Gasteiger partial charge in [-0.2, -0.15) is 0 Å². The lowest BCUT2D eigenvalue weighted by Gasteiger charge is -2.03. The van der Waals surface area contributed by atoms with Gasteiger partial charge in [0.2, 0.25) is 11.8 Å². The Morgan fingerprint density at radius 2 is 1.85 bits per heavy atom. The molecule has 1 aromatic heterocycles. The molecule has 1 heterocycles. The number of nitrogens with two attached hydrogens (primary N) is 1. The van der Waals surface area contributed by atoms with Crippen molar-refractivity contribution < 1.29 is 14.0 Å². The predicted molar refractivity (Wildman–Crippen MR) is 99.8 cm³/mol. The largest absolute Gasteiger partial charge is 0.463 e. The normalized spacial score (nSPS) is 11.0. The standard InChI is InChI=1S/C20H16N2O4/c1-12-2-8-17-16(10-12)19(24)14(11-26-17)5-9-18(23)22-15-6-3-13(4-7-15)20(21)25/h2-11H,1H3,(H2,21,25)(H,22,23)/b9-5+. The first-order valence-electron chi connectivity index (χ1n) is 7.85. The third-order valence-electron chi connectivity index (χ3n) is 3.81. The van der Waals surface area contributed by atoms with Gasteiger partial charge in [-0.25, -0.2) is 0 Å². The fraction of sp³-hybridized carbons (Fsp3) is 0.0500. The molecule has 0 atom stereocenters. The summed E-state index contributed by atoms with van der Waals surface area (Å²) < 4.78 is 5.44. The van der Waals surface area contributed by atoms with E-state index in [1.165, 1.54) is 30.5 Å². The van der Waals surface area contributed by atoms with Crippen LogP contribution in [0, 0.1) is 6.92 Å². The molecule has 3 N–H and O–H groups in total. The van der Waals surface area contributed by atoms with Gasteiger partial charge in [0.05, 0.1) is 10.9 Å². The van der Waals surface area contributed by atoms with E-state index in [-0.39, 0.29) is 11.0 Å². The van der Waals surface area contributed by atoms with E-state index in [0.29, 0.717) is 22.2 Å². The zero-order valence-corrected chi connectivity index (χ0v) is 14.0. The molecule has 0 bridgehead atoms. The van der Waals surface area contributed by atoms with Gasteiger partial charge in [-0.1, -0.05) is 11.6 Å². The molecule has 6 nitrogen and oxygen atoms in total. The third kappa shape index (κ3) is 3.70. The minimum Gasteiger partial charge on any atom is -0.463 e. The molecule has 0 spiro atoms. The van der Waals surface area contributed by atoms with Crippen LogP contribution in [0.5, 0.6) is 0 Å². The Hall–Kier alpha value is -3.67. The van der Waals surface area contributed by atoms with Crippen LogP contribution in [0.3, 0.4) is 0 Å². The van der Waals surface area contributed by atoms with Crippen LogP contribution in [0.15, 0.2) is 64.0 Å². The molecule has 0 fully saturated rings. The van der Waals surface area contributed by atoms with Crippen LogP contribution in [0.25, 0.3) is 17.0 Å². The number of fused-ring (bicyclic) bond motifs is 1. The van der Waals surface area contributed by atoms with Gasteiger partial charge in [-0.05, 0) is 49.4 Å². The fourth-order valence-electron chi connectivity index (χ4n) is 2.44. The summed E-state index contributed by atoms with van der Waals surface area (Å²) in [5.41, 5.74) is 7.54. The number of nitrogens with one attached hydrogen (secondary N) is 1. The molecule has 3 rings (SSSR count). The Morgan fingerprint density at radius 3 is 2.54 bits per heavy atom. The predicted octanol–water partition coefficient (Wildman–Crippen LogP) is 2.85. The highest BCUT2D eigenvalue weighted by Gasteiger charge is 2.06. The zero-order chi connectivity index (χ0) is 18.7. The summed E-state index contributed by atoms with van der Waals surface area (Å²) in [7, 11) is 0. The molecule has 0 aliphatic heterocycles. The van der Waals surface area contributed by atoms with Crippen molar-refractivity contribution in [1.29, 1.82) is 0 Å². The maximum Gasteiger partial charge on any atom is 0.248 e. The van der Waals surface area contributed by atoms with Gasteiger partial charge in [0.15, 0.2) is 5.43 Å². The first-order chi connectivity index (χ1) is 12.4. The Kier molecular flexibility index (Phi) is 4.66. The Balaban J connectivity index is 1.78. The number of carbonyl (C=O) groups excluding carboxylic acids is 2. The highest BCUT2D eigenvalue weighted by atomic mass is 16.3.